The first kappa shape index (κ1) is 16.1. The van der Waals surface area contributed by atoms with Crippen molar-refractivity contribution in [3.8, 4) is 0 Å². The van der Waals surface area contributed by atoms with Crippen LogP contribution in [-0.4, -0.2) is 17.9 Å². The fourth-order valence-electron chi connectivity index (χ4n) is 1.69. The molecule has 1 unspecified atom stereocenters. The van der Waals surface area contributed by atoms with Crippen molar-refractivity contribution >= 4 is 12.3 Å². The second-order valence-corrected chi connectivity index (χ2v) is 5.59. The van der Waals surface area contributed by atoms with Crippen LogP contribution in [-0.2, 0) is 20.9 Å². The van der Waals surface area contributed by atoms with Gasteiger partial charge in [-0.25, -0.2) is 4.79 Å². The molecule has 2 N–H and O–H groups in total. The van der Waals surface area contributed by atoms with Gasteiger partial charge in [0.15, 0.2) is 0 Å². The smallest absolute Gasteiger partial charge is 0.334 e. The van der Waals surface area contributed by atoms with E-state index in [-0.39, 0.29) is 5.57 Å². The predicted molar refractivity (Wildman–Crippen MR) is 78.1 cm³/mol. The Balaban J connectivity index is 2.91. The number of hydrogen-bond donors (Lipinski definition) is 1. The highest BCUT2D eigenvalue weighted by Gasteiger charge is 2.25. The molecule has 4 nitrogen and oxygen atoms in total. The number of rotatable bonds is 5. The van der Waals surface area contributed by atoms with E-state index in [0.717, 1.165) is 5.56 Å². The van der Waals surface area contributed by atoms with Gasteiger partial charge in [-0.3, -0.25) is 0 Å². The van der Waals surface area contributed by atoms with Crippen LogP contribution >= 0.6 is 0 Å². The van der Waals surface area contributed by atoms with Gasteiger partial charge in [0.2, 0.25) is 0 Å². The van der Waals surface area contributed by atoms with Gasteiger partial charge in [0, 0.05) is 12.1 Å². The van der Waals surface area contributed by atoms with Crippen molar-refractivity contribution in [3.63, 3.8) is 0 Å². The monoisotopic (exact) mass is 275 g/mol. The van der Waals surface area contributed by atoms with Gasteiger partial charge < -0.3 is 15.3 Å². The lowest BCUT2D eigenvalue weighted by atomic mass is 9.92. The number of esters is 1. The second-order valence-electron chi connectivity index (χ2n) is 5.59. The summed E-state index contributed by atoms with van der Waals surface area (Å²) in [5.74, 6) is -1.26. The molecule has 0 radical (unpaired) electrons. The topological polar surface area (TPSA) is 69.4 Å². The van der Waals surface area contributed by atoms with E-state index in [0.29, 0.717) is 18.4 Å². The summed E-state index contributed by atoms with van der Waals surface area (Å²) in [6.45, 7) is 9.43. The molecule has 0 amide bonds. The van der Waals surface area contributed by atoms with Gasteiger partial charge in [-0.05, 0) is 31.9 Å². The molecule has 20 heavy (non-hydrogen) atoms. The van der Waals surface area contributed by atoms with Gasteiger partial charge in [-0.1, -0.05) is 30.8 Å². The molecule has 1 rings (SSSR count). The molecule has 108 valence electrons. The Morgan fingerprint density at radius 2 is 1.90 bits per heavy atom. The second kappa shape index (κ2) is 6.48. The van der Waals surface area contributed by atoms with E-state index in [1.165, 1.54) is 0 Å². The number of nitrogens with two attached hydrogens (primary N) is 1. The zero-order valence-electron chi connectivity index (χ0n) is 12.2. The van der Waals surface area contributed by atoms with Crippen LogP contribution in [0.5, 0.6) is 0 Å². The first-order valence-electron chi connectivity index (χ1n) is 6.45. The van der Waals surface area contributed by atoms with Gasteiger partial charge in [-0.2, -0.15) is 0 Å². The molecular formula is C16H21NO3. The SMILES string of the molecule is C=C(C(=O)OC(C)(C)C)C(C=O)c1ccc(CN)cc1. The molecule has 0 heterocycles. The first-order valence-corrected chi connectivity index (χ1v) is 6.45. The van der Waals surface area contributed by atoms with Crippen molar-refractivity contribution in [1.82, 2.24) is 0 Å². The third-order valence-electron chi connectivity index (χ3n) is 2.75. The average Bonchev–Trinajstić information content (AvgIpc) is 2.38. The van der Waals surface area contributed by atoms with Crippen LogP contribution in [0.1, 0.15) is 37.8 Å². The van der Waals surface area contributed by atoms with Crippen LogP contribution in [0.25, 0.3) is 0 Å². The maximum absolute atomic E-state index is 12.0. The Hall–Kier alpha value is -1.94. The van der Waals surface area contributed by atoms with Gasteiger partial charge in [0.25, 0.3) is 0 Å². The fourth-order valence-corrected chi connectivity index (χ4v) is 1.69. The molecule has 1 aromatic carbocycles. The summed E-state index contributed by atoms with van der Waals surface area (Å²) < 4.78 is 5.23. The van der Waals surface area contributed by atoms with Crippen molar-refractivity contribution in [2.24, 2.45) is 5.73 Å². The fraction of sp³-hybridized carbons (Fsp3) is 0.375. The van der Waals surface area contributed by atoms with E-state index >= 15 is 0 Å². The summed E-state index contributed by atoms with van der Waals surface area (Å²) in [5.41, 5.74) is 6.71. The number of hydrogen-bond acceptors (Lipinski definition) is 4. The largest absolute Gasteiger partial charge is 0.457 e. The molecule has 0 saturated heterocycles. The van der Waals surface area contributed by atoms with Crippen LogP contribution < -0.4 is 5.73 Å². The van der Waals surface area contributed by atoms with E-state index in [9.17, 15) is 9.59 Å². The normalized spacial score (nSPS) is 12.6. The highest BCUT2D eigenvalue weighted by molar-refractivity contribution is 5.94. The minimum absolute atomic E-state index is 0.135. The van der Waals surface area contributed by atoms with Gasteiger partial charge >= 0.3 is 5.97 Å². The standard InChI is InChI=1S/C16H21NO3/c1-11(15(19)20-16(2,3)4)14(10-18)13-7-5-12(9-17)6-8-13/h5-8,10,14H,1,9,17H2,2-4H3. The third kappa shape index (κ3) is 4.31. The minimum atomic E-state index is -0.698. The Kier molecular flexibility index (Phi) is 5.22. The summed E-state index contributed by atoms with van der Waals surface area (Å²) in [4.78, 5) is 23.2. The Morgan fingerprint density at radius 3 is 2.30 bits per heavy atom. The van der Waals surface area contributed by atoms with Crippen molar-refractivity contribution in [2.45, 2.75) is 38.8 Å². The lowest BCUT2D eigenvalue weighted by Crippen LogP contribution is -2.26. The lowest BCUT2D eigenvalue weighted by molar-refractivity contribution is -0.150. The van der Waals surface area contributed by atoms with E-state index in [1.54, 1.807) is 32.9 Å². The molecule has 0 fully saturated rings. The lowest BCUT2D eigenvalue weighted by Gasteiger charge is -2.22. The van der Waals surface area contributed by atoms with Crippen molar-refractivity contribution in [2.75, 3.05) is 0 Å². The summed E-state index contributed by atoms with van der Waals surface area (Å²) in [6, 6.07) is 7.20. The van der Waals surface area contributed by atoms with Crippen LogP contribution in [0.4, 0.5) is 0 Å². The Bertz CT molecular complexity index is 497. The van der Waals surface area contributed by atoms with Crippen molar-refractivity contribution in [3.05, 3.63) is 47.5 Å². The molecule has 1 atom stereocenters. The summed E-state index contributed by atoms with van der Waals surface area (Å²) >= 11 is 0. The molecule has 0 aromatic heterocycles. The number of ether oxygens (including phenoxy) is 1. The highest BCUT2D eigenvalue weighted by atomic mass is 16.6. The van der Waals surface area contributed by atoms with Crippen LogP contribution in [0.2, 0.25) is 0 Å². The van der Waals surface area contributed by atoms with Gasteiger partial charge in [0.1, 0.15) is 11.9 Å². The molecular weight excluding hydrogens is 254 g/mol. The van der Waals surface area contributed by atoms with Crippen LogP contribution in [0.15, 0.2) is 36.4 Å². The zero-order chi connectivity index (χ0) is 15.3. The maximum atomic E-state index is 12.0. The number of carbonyl (C=O) groups is 2. The summed E-state index contributed by atoms with van der Waals surface area (Å²) in [5, 5.41) is 0. The summed E-state index contributed by atoms with van der Waals surface area (Å²) in [6.07, 6.45) is 0.698. The third-order valence-corrected chi connectivity index (χ3v) is 2.75. The van der Waals surface area contributed by atoms with E-state index < -0.39 is 17.5 Å². The molecule has 1 aromatic rings. The highest BCUT2D eigenvalue weighted by Crippen LogP contribution is 2.24. The minimum Gasteiger partial charge on any atom is -0.457 e. The molecule has 4 heteroatoms. The molecule has 0 saturated carbocycles. The van der Waals surface area contributed by atoms with E-state index in [1.807, 2.05) is 12.1 Å². The van der Waals surface area contributed by atoms with Crippen LogP contribution in [0, 0.1) is 0 Å². The number of aldehydes is 1. The molecule has 0 aliphatic heterocycles. The summed E-state index contributed by atoms with van der Waals surface area (Å²) in [7, 11) is 0. The van der Waals surface area contributed by atoms with E-state index in [2.05, 4.69) is 6.58 Å². The molecule has 0 spiro atoms. The van der Waals surface area contributed by atoms with Crippen LogP contribution in [0.3, 0.4) is 0 Å². The Morgan fingerprint density at radius 1 is 1.35 bits per heavy atom. The first-order chi connectivity index (χ1) is 9.28. The number of benzene rings is 1. The average molecular weight is 275 g/mol. The molecule has 0 bridgehead atoms. The predicted octanol–water partition coefficient (Wildman–Crippen LogP) is 2.33. The van der Waals surface area contributed by atoms with Gasteiger partial charge in [-0.15, -0.1) is 0 Å². The number of carbonyl (C=O) groups excluding carboxylic acids is 2. The van der Waals surface area contributed by atoms with Crippen molar-refractivity contribution in [1.29, 1.82) is 0 Å². The maximum Gasteiger partial charge on any atom is 0.334 e. The Labute approximate surface area is 119 Å². The molecule has 0 aliphatic rings. The van der Waals surface area contributed by atoms with E-state index in [4.69, 9.17) is 10.5 Å². The zero-order valence-corrected chi connectivity index (χ0v) is 12.2. The molecule has 0 aliphatic carbocycles. The van der Waals surface area contributed by atoms with Gasteiger partial charge in [0.05, 0.1) is 5.92 Å². The van der Waals surface area contributed by atoms with Crippen molar-refractivity contribution < 1.29 is 14.3 Å². The quantitative estimate of drug-likeness (QED) is 0.508.